The van der Waals surface area contributed by atoms with Gasteiger partial charge < -0.3 is 14.5 Å². The third-order valence-electron chi connectivity index (χ3n) is 3.93. The van der Waals surface area contributed by atoms with Gasteiger partial charge >= 0.3 is 0 Å². The van der Waals surface area contributed by atoms with Crippen LogP contribution < -0.4 is 0 Å². The molecule has 6 heteroatoms. The van der Waals surface area contributed by atoms with Gasteiger partial charge in [-0.2, -0.15) is 0 Å². The molecule has 2 heterocycles. The molecule has 1 unspecified atom stereocenters. The number of carbonyl (C=O) groups excluding carboxylic acids is 1. The zero-order valence-corrected chi connectivity index (χ0v) is 13.8. The molecule has 3 rings (SSSR count). The lowest BCUT2D eigenvalue weighted by Crippen LogP contribution is -2.38. The molecule has 1 amide bonds. The number of rotatable bonds is 4. The summed E-state index contributed by atoms with van der Waals surface area (Å²) in [7, 11) is 0. The van der Waals surface area contributed by atoms with Gasteiger partial charge in [-0.25, -0.2) is 0 Å². The standard InChI is InChI=1S/C17H19ClN2O3/c1-2-22-16-10-15(19-23-16)13-11-20(9-8-14(13)18)17(21)12-6-4-3-5-7-12/h3-7,16H,2,8-11H2,1H3. The van der Waals surface area contributed by atoms with Crippen LogP contribution in [-0.2, 0) is 9.57 Å². The first-order chi connectivity index (χ1) is 11.2. The van der Waals surface area contributed by atoms with Crippen molar-refractivity contribution in [1.82, 2.24) is 4.90 Å². The minimum absolute atomic E-state index is 0.00754. The Hall–Kier alpha value is -1.85. The highest BCUT2D eigenvalue weighted by Crippen LogP contribution is 2.28. The van der Waals surface area contributed by atoms with E-state index in [2.05, 4.69) is 5.16 Å². The molecule has 0 saturated carbocycles. The summed E-state index contributed by atoms with van der Waals surface area (Å²) >= 11 is 6.37. The maximum Gasteiger partial charge on any atom is 0.254 e. The zero-order chi connectivity index (χ0) is 16.2. The van der Waals surface area contributed by atoms with Crippen molar-refractivity contribution in [2.45, 2.75) is 26.1 Å². The molecule has 122 valence electrons. The largest absolute Gasteiger partial charge is 0.363 e. The van der Waals surface area contributed by atoms with Crippen LogP contribution in [0.4, 0.5) is 0 Å². The molecule has 0 fully saturated rings. The van der Waals surface area contributed by atoms with E-state index in [-0.39, 0.29) is 12.2 Å². The second-order valence-electron chi connectivity index (χ2n) is 5.46. The highest BCUT2D eigenvalue weighted by atomic mass is 35.5. The molecule has 0 N–H and O–H groups in total. The highest BCUT2D eigenvalue weighted by Gasteiger charge is 2.30. The van der Waals surface area contributed by atoms with Crippen molar-refractivity contribution < 1.29 is 14.4 Å². The summed E-state index contributed by atoms with van der Waals surface area (Å²) < 4.78 is 5.42. The van der Waals surface area contributed by atoms with Gasteiger partial charge in [-0.3, -0.25) is 4.79 Å². The van der Waals surface area contributed by atoms with Crippen LogP contribution >= 0.6 is 11.6 Å². The Morgan fingerprint density at radius 1 is 1.43 bits per heavy atom. The van der Waals surface area contributed by atoms with Crippen molar-refractivity contribution >= 4 is 23.2 Å². The Kier molecular flexibility index (Phi) is 4.98. The number of amides is 1. The molecular formula is C17H19ClN2O3. The Morgan fingerprint density at radius 2 is 2.22 bits per heavy atom. The number of hydrogen-bond acceptors (Lipinski definition) is 4. The summed E-state index contributed by atoms with van der Waals surface area (Å²) in [5, 5.41) is 4.84. The van der Waals surface area contributed by atoms with Gasteiger partial charge in [0.1, 0.15) is 0 Å². The number of benzene rings is 1. The first kappa shape index (κ1) is 16.0. The molecule has 0 saturated heterocycles. The average molecular weight is 335 g/mol. The van der Waals surface area contributed by atoms with Gasteiger partial charge in [0, 0.05) is 42.3 Å². The summed E-state index contributed by atoms with van der Waals surface area (Å²) in [5.74, 6) is 0.00754. The fourth-order valence-corrected chi connectivity index (χ4v) is 2.99. The molecule has 5 nitrogen and oxygen atoms in total. The van der Waals surface area contributed by atoms with Gasteiger partial charge in [-0.15, -0.1) is 0 Å². The van der Waals surface area contributed by atoms with E-state index in [1.807, 2.05) is 37.3 Å². The summed E-state index contributed by atoms with van der Waals surface area (Å²) in [5.41, 5.74) is 2.34. The molecule has 0 bridgehead atoms. The fraction of sp³-hybridized carbons (Fsp3) is 0.412. The van der Waals surface area contributed by atoms with Crippen LogP contribution in [0.1, 0.15) is 30.1 Å². The number of carbonyl (C=O) groups is 1. The molecule has 0 aromatic heterocycles. The van der Waals surface area contributed by atoms with Crippen LogP contribution in [0.5, 0.6) is 0 Å². The lowest BCUT2D eigenvalue weighted by molar-refractivity contribution is -0.120. The van der Waals surface area contributed by atoms with Crippen molar-refractivity contribution in [3.05, 3.63) is 46.5 Å². The predicted molar refractivity (Wildman–Crippen MR) is 88.4 cm³/mol. The Bertz CT molecular complexity index is 642. The molecule has 2 aliphatic rings. The Balaban J connectivity index is 1.72. The SMILES string of the molecule is CCOC1CC(C2=C(Cl)CCN(C(=O)c3ccccc3)C2)=NO1. The van der Waals surface area contributed by atoms with E-state index in [0.717, 1.165) is 16.3 Å². The number of halogens is 1. The molecular weight excluding hydrogens is 316 g/mol. The van der Waals surface area contributed by atoms with E-state index in [1.54, 1.807) is 4.90 Å². The van der Waals surface area contributed by atoms with Crippen LogP contribution in [0.25, 0.3) is 0 Å². The summed E-state index contributed by atoms with van der Waals surface area (Å²) in [6.45, 7) is 3.54. The number of ether oxygens (including phenoxy) is 1. The second-order valence-corrected chi connectivity index (χ2v) is 5.91. The van der Waals surface area contributed by atoms with Crippen molar-refractivity contribution in [3.63, 3.8) is 0 Å². The van der Waals surface area contributed by atoms with E-state index < -0.39 is 0 Å². The van der Waals surface area contributed by atoms with Crippen molar-refractivity contribution in [3.8, 4) is 0 Å². The van der Waals surface area contributed by atoms with Crippen molar-refractivity contribution in [2.75, 3.05) is 19.7 Å². The normalized spacial score (nSPS) is 21.2. The maximum absolute atomic E-state index is 12.6. The topological polar surface area (TPSA) is 51.1 Å². The second kappa shape index (κ2) is 7.15. The number of nitrogens with zero attached hydrogens (tertiary/aromatic N) is 2. The van der Waals surface area contributed by atoms with Gasteiger partial charge in [-0.1, -0.05) is 35.0 Å². The van der Waals surface area contributed by atoms with Crippen LogP contribution in [0, 0.1) is 0 Å². The molecule has 2 aliphatic heterocycles. The lowest BCUT2D eigenvalue weighted by atomic mass is 10.0. The van der Waals surface area contributed by atoms with Crippen LogP contribution in [0.15, 0.2) is 46.1 Å². The summed E-state index contributed by atoms with van der Waals surface area (Å²) in [6, 6.07) is 9.27. The molecule has 1 aromatic rings. The molecule has 0 aliphatic carbocycles. The predicted octanol–water partition coefficient (Wildman–Crippen LogP) is 3.16. The first-order valence-electron chi connectivity index (χ1n) is 7.75. The Morgan fingerprint density at radius 3 is 2.96 bits per heavy atom. The zero-order valence-electron chi connectivity index (χ0n) is 13.0. The van der Waals surface area contributed by atoms with E-state index in [0.29, 0.717) is 38.1 Å². The van der Waals surface area contributed by atoms with Gasteiger partial charge in [-0.05, 0) is 19.1 Å². The minimum Gasteiger partial charge on any atom is -0.363 e. The van der Waals surface area contributed by atoms with E-state index in [4.69, 9.17) is 21.2 Å². The van der Waals surface area contributed by atoms with Crippen LogP contribution in [-0.4, -0.2) is 42.5 Å². The third kappa shape index (κ3) is 3.57. The molecule has 0 spiro atoms. The van der Waals surface area contributed by atoms with E-state index >= 15 is 0 Å². The van der Waals surface area contributed by atoms with Gasteiger partial charge in [0.2, 0.25) is 6.29 Å². The Labute approximate surface area is 140 Å². The molecule has 1 atom stereocenters. The highest BCUT2D eigenvalue weighted by molar-refractivity contribution is 6.32. The molecule has 23 heavy (non-hydrogen) atoms. The minimum atomic E-state index is -0.354. The van der Waals surface area contributed by atoms with Crippen LogP contribution in [0.2, 0.25) is 0 Å². The molecule has 1 aromatic carbocycles. The summed E-state index contributed by atoms with van der Waals surface area (Å²) in [6.07, 6.45) is 0.841. The van der Waals surface area contributed by atoms with Crippen molar-refractivity contribution in [2.24, 2.45) is 5.16 Å². The molecule has 0 radical (unpaired) electrons. The number of hydrogen-bond donors (Lipinski definition) is 0. The third-order valence-corrected chi connectivity index (χ3v) is 4.34. The van der Waals surface area contributed by atoms with Gasteiger partial charge in [0.25, 0.3) is 5.91 Å². The lowest BCUT2D eigenvalue weighted by Gasteiger charge is -2.29. The number of oxime groups is 1. The van der Waals surface area contributed by atoms with E-state index in [1.165, 1.54) is 0 Å². The van der Waals surface area contributed by atoms with Gasteiger partial charge in [0.15, 0.2) is 0 Å². The smallest absolute Gasteiger partial charge is 0.254 e. The maximum atomic E-state index is 12.6. The first-order valence-corrected chi connectivity index (χ1v) is 8.13. The van der Waals surface area contributed by atoms with Gasteiger partial charge in [0.05, 0.1) is 12.1 Å². The van der Waals surface area contributed by atoms with Crippen molar-refractivity contribution in [1.29, 1.82) is 0 Å². The fourth-order valence-electron chi connectivity index (χ4n) is 2.73. The monoisotopic (exact) mass is 334 g/mol. The summed E-state index contributed by atoms with van der Waals surface area (Å²) in [4.78, 5) is 19.7. The quantitative estimate of drug-likeness (QED) is 0.849. The van der Waals surface area contributed by atoms with E-state index in [9.17, 15) is 4.79 Å². The average Bonchev–Trinajstić information content (AvgIpc) is 3.04. The van der Waals surface area contributed by atoms with Crippen LogP contribution in [0.3, 0.4) is 0 Å².